The summed E-state index contributed by atoms with van der Waals surface area (Å²) in [6.07, 6.45) is 3.33. The maximum atomic E-state index is 12.9. The van der Waals surface area contributed by atoms with E-state index in [1.165, 1.54) is 10.9 Å². The van der Waals surface area contributed by atoms with Gasteiger partial charge in [0.25, 0.3) is 5.56 Å². The van der Waals surface area contributed by atoms with Crippen molar-refractivity contribution in [2.75, 3.05) is 0 Å². The molecule has 2 amide bonds. The fraction of sp³-hybridized carbons (Fsp3) is 0.238. The Morgan fingerprint density at radius 2 is 1.82 bits per heavy atom. The number of carbonyl (C=O) groups is 2. The van der Waals surface area contributed by atoms with E-state index >= 15 is 0 Å². The maximum Gasteiger partial charge on any atom is 0.261 e. The van der Waals surface area contributed by atoms with Crippen LogP contribution < -0.4 is 11.3 Å². The standard InChI is InChI=1S/C21H20N4O3/c22-20(27)15-7-5-14(6-8-15)11-25(16-9-10-16)19(26)12-24-13-23-18-4-2-1-3-17(18)21(24)28/h1-8,13,16H,9-12H2,(H2,22,27). The molecular weight excluding hydrogens is 356 g/mol. The first-order valence-electron chi connectivity index (χ1n) is 9.15. The third-order valence-corrected chi connectivity index (χ3v) is 4.94. The van der Waals surface area contributed by atoms with Crippen molar-refractivity contribution in [2.45, 2.75) is 32.0 Å². The molecule has 1 aliphatic rings. The van der Waals surface area contributed by atoms with Gasteiger partial charge in [-0.2, -0.15) is 0 Å². The van der Waals surface area contributed by atoms with Gasteiger partial charge in [-0.1, -0.05) is 24.3 Å². The average molecular weight is 376 g/mol. The van der Waals surface area contributed by atoms with Gasteiger partial charge >= 0.3 is 0 Å². The predicted molar refractivity (Wildman–Crippen MR) is 105 cm³/mol. The van der Waals surface area contributed by atoms with Gasteiger partial charge in [0, 0.05) is 18.2 Å². The molecule has 1 fully saturated rings. The summed E-state index contributed by atoms with van der Waals surface area (Å²) in [6.45, 7) is 0.380. The van der Waals surface area contributed by atoms with E-state index in [9.17, 15) is 14.4 Å². The third kappa shape index (κ3) is 3.64. The Hall–Kier alpha value is -3.48. The lowest BCUT2D eigenvalue weighted by molar-refractivity contribution is -0.133. The molecule has 0 radical (unpaired) electrons. The molecule has 0 atom stereocenters. The van der Waals surface area contributed by atoms with E-state index < -0.39 is 5.91 Å². The van der Waals surface area contributed by atoms with Crippen molar-refractivity contribution in [3.63, 3.8) is 0 Å². The van der Waals surface area contributed by atoms with E-state index in [2.05, 4.69) is 4.98 Å². The third-order valence-electron chi connectivity index (χ3n) is 4.94. The number of aromatic nitrogens is 2. The number of primary amides is 1. The zero-order valence-electron chi connectivity index (χ0n) is 15.2. The number of rotatable bonds is 6. The number of nitrogens with zero attached hydrogens (tertiary/aromatic N) is 3. The molecule has 1 aromatic heterocycles. The minimum Gasteiger partial charge on any atom is -0.366 e. The van der Waals surface area contributed by atoms with Crippen LogP contribution in [0.5, 0.6) is 0 Å². The molecule has 2 aromatic carbocycles. The van der Waals surface area contributed by atoms with Crippen LogP contribution in [0, 0.1) is 0 Å². The zero-order chi connectivity index (χ0) is 19.7. The highest BCUT2D eigenvalue weighted by Gasteiger charge is 2.32. The normalized spacial score (nSPS) is 13.4. The second kappa shape index (κ2) is 7.26. The van der Waals surface area contributed by atoms with Gasteiger partial charge in [-0.05, 0) is 42.7 Å². The molecule has 7 heteroatoms. The van der Waals surface area contributed by atoms with Crippen LogP contribution in [0.1, 0.15) is 28.8 Å². The molecule has 3 aromatic rings. The van der Waals surface area contributed by atoms with Crippen molar-refractivity contribution in [1.29, 1.82) is 0 Å². The lowest BCUT2D eigenvalue weighted by Crippen LogP contribution is -2.37. The van der Waals surface area contributed by atoms with Gasteiger partial charge in [0.2, 0.25) is 11.8 Å². The van der Waals surface area contributed by atoms with Gasteiger partial charge < -0.3 is 10.6 Å². The largest absolute Gasteiger partial charge is 0.366 e. The minimum absolute atomic E-state index is 0.0491. The monoisotopic (exact) mass is 376 g/mol. The first kappa shape index (κ1) is 17.9. The van der Waals surface area contributed by atoms with E-state index in [1.54, 1.807) is 47.4 Å². The van der Waals surface area contributed by atoms with Crippen LogP contribution in [-0.2, 0) is 17.9 Å². The number of hydrogen-bond acceptors (Lipinski definition) is 4. The molecule has 0 saturated heterocycles. The fourth-order valence-electron chi connectivity index (χ4n) is 3.23. The summed E-state index contributed by atoms with van der Waals surface area (Å²) >= 11 is 0. The smallest absolute Gasteiger partial charge is 0.261 e. The average Bonchev–Trinajstić information content (AvgIpc) is 3.54. The number of hydrogen-bond donors (Lipinski definition) is 1. The van der Waals surface area contributed by atoms with E-state index in [0.29, 0.717) is 23.0 Å². The highest BCUT2D eigenvalue weighted by molar-refractivity contribution is 5.92. The fourth-order valence-corrected chi connectivity index (χ4v) is 3.23. The Labute approximate surface area is 161 Å². The van der Waals surface area contributed by atoms with E-state index in [0.717, 1.165) is 18.4 Å². The van der Waals surface area contributed by atoms with Crippen LogP contribution in [0.3, 0.4) is 0 Å². The number of fused-ring (bicyclic) bond motifs is 1. The molecule has 1 heterocycles. The van der Waals surface area contributed by atoms with Crippen molar-refractivity contribution in [2.24, 2.45) is 5.73 Å². The Morgan fingerprint density at radius 3 is 2.50 bits per heavy atom. The number of benzene rings is 2. The van der Waals surface area contributed by atoms with Crippen LogP contribution >= 0.6 is 0 Å². The van der Waals surface area contributed by atoms with Crippen molar-refractivity contribution >= 4 is 22.7 Å². The second-order valence-corrected chi connectivity index (χ2v) is 7.01. The summed E-state index contributed by atoms with van der Waals surface area (Å²) in [5.74, 6) is -0.606. The summed E-state index contributed by atoms with van der Waals surface area (Å²) in [7, 11) is 0. The number of amides is 2. The van der Waals surface area contributed by atoms with Crippen molar-refractivity contribution in [1.82, 2.24) is 14.5 Å². The SMILES string of the molecule is NC(=O)c1ccc(CN(C(=O)Cn2cnc3ccccc3c2=O)C2CC2)cc1. The van der Waals surface area contributed by atoms with Gasteiger partial charge in [-0.25, -0.2) is 4.98 Å². The van der Waals surface area contributed by atoms with Crippen molar-refractivity contribution in [3.8, 4) is 0 Å². The molecule has 28 heavy (non-hydrogen) atoms. The van der Waals surface area contributed by atoms with Crippen molar-refractivity contribution in [3.05, 3.63) is 76.3 Å². The molecule has 1 saturated carbocycles. The van der Waals surface area contributed by atoms with Crippen LogP contribution in [0.15, 0.2) is 59.7 Å². The first-order valence-corrected chi connectivity index (χ1v) is 9.15. The second-order valence-electron chi connectivity index (χ2n) is 7.01. The van der Waals surface area contributed by atoms with E-state index in [-0.39, 0.29) is 24.1 Å². The van der Waals surface area contributed by atoms with E-state index in [1.807, 2.05) is 6.07 Å². The molecular formula is C21H20N4O3. The molecule has 7 nitrogen and oxygen atoms in total. The first-order chi connectivity index (χ1) is 13.5. The van der Waals surface area contributed by atoms with Gasteiger partial charge in [0.1, 0.15) is 6.54 Å². The Balaban J connectivity index is 1.54. The Kier molecular flexibility index (Phi) is 4.65. The molecule has 2 N–H and O–H groups in total. The van der Waals surface area contributed by atoms with Crippen LogP contribution in [-0.4, -0.2) is 32.3 Å². The molecule has 0 bridgehead atoms. The van der Waals surface area contributed by atoms with Crippen LogP contribution in [0.2, 0.25) is 0 Å². The predicted octanol–water partition coefficient (Wildman–Crippen LogP) is 1.69. The summed E-state index contributed by atoms with van der Waals surface area (Å²) < 4.78 is 1.36. The van der Waals surface area contributed by atoms with Gasteiger partial charge in [-0.3, -0.25) is 19.0 Å². The summed E-state index contributed by atoms with van der Waals surface area (Å²) in [5, 5.41) is 0.498. The molecule has 0 spiro atoms. The molecule has 142 valence electrons. The molecule has 1 aliphatic carbocycles. The molecule has 4 rings (SSSR count). The number of nitrogens with two attached hydrogens (primary N) is 1. The topological polar surface area (TPSA) is 98.3 Å². The van der Waals surface area contributed by atoms with Gasteiger partial charge in [-0.15, -0.1) is 0 Å². The van der Waals surface area contributed by atoms with E-state index in [4.69, 9.17) is 5.73 Å². The highest BCUT2D eigenvalue weighted by atomic mass is 16.2. The summed E-state index contributed by atoms with van der Waals surface area (Å²) in [6, 6.07) is 14.2. The highest BCUT2D eigenvalue weighted by Crippen LogP contribution is 2.28. The maximum absolute atomic E-state index is 12.9. The quantitative estimate of drug-likeness (QED) is 0.708. The molecule has 0 aliphatic heterocycles. The summed E-state index contributed by atoms with van der Waals surface area (Å²) in [5.41, 5.74) is 7.01. The lowest BCUT2D eigenvalue weighted by atomic mass is 10.1. The minimum atomic E-state index is -0.482. The van der Waals surface area contributed by atoms with Gasteiger partial charge in [0.15, 0.2) is 0 Å². The lowest BCUT2D eigenvalue weighted by Gasteiger charge is -2.23. The van der Waals surface area contributed by atoms with Crippen LogP contribution in [0.4, 0.5) is 0 Å². The zero-order valence-corrected chi connectivity index (χ0v) is 15.2. The van der Waals surface area contributed by atoms with Crippen LogP contribution in [0.25, 0.3) is 10.9 Å². The molecule has 0 unspecified atom stereocenters. The number of para-hydroxylation sites is 1. The van der Waals surface area contributed by atoms with Crippen molar-refractivity contribution < 1.29 is 9.59 Å². The summed E-state index contributed by atoms with van der Waals surface area (Å²) in [4.78, 5) is 42.8. The Bertz CT molecular complexity index is 1100. The van der Waals surface area contributed by atoms with Gasteiger partial charge in [0.05, 0.1) is 17.2 Å². The number of carbonyl (C=O) groups excluding carboxylic acids is 2. The Morgan fingerprint density at radius 1 is 1.11 bits per heavy atom.